The Labute approximate surface area is 88.5 Å². The Bertz CT molecular complexity index is 315. The van der Waals surface area contributed by atoms with E-state index in [0.717, 1.165) is 19.3 Å². The first-order valence-electron chi connectivity index (χ1n) is 5.28. The van der Waals surface area contributed by atoms with Gasteiger partial charge in [0.25, 0.3) is 0 Å². The summed E-state index contributed by atoms with van der Waals surface area (Å²) < 4.78 is 19.0. The fourth-order valence-electron chi connectivity index (χ4n) is 1.82. The highest BCUT2D eigenvalue weighted by Crippen LogP contribution is 2.25. The molecule has 15 heavy (non-hydrogen) atoms. The summed E-state index contributed by atoms with van der Waals surface area (Å²) in [4.78, 5) is 3.90. The molecule has 1 saturated carbocycles. The fraction of sp³-hybridized carbons (Fsp3) is 0.545. The number of halogens is 1. The molecule has 82 valence electrons. The van der Waals surface area contributed by atoms with E-state index < -0.39 is 6.17 Å². The van der Waals surface area contributed by atoms with E-state index in [-0.39, 0.29) is 6.10 Å². The molecule has 0 saturated heterocycles. The molecule has 1 fully saturated rings. The summed E-state index contributed by atoms with van der Waals surface area (Å²) in [6.07, 6.45) is 3.75. The number of anilines is 1. The Hall–Kier alpha value is -1.32. The van der Waals surface area contributed by atoms with Crippen LogP contribution in [-0.2, 0) is 0 Å². The molecule has 0 spiro atoms. The minimum atomic E-state index is -0.851. The molecule has 4 heteroatoms. The number of nitrogens with two attached hydrogens (primary N) is 1. The molecular weight excluding hydrogens is 195 g/mol. The zero-order valence-corrected chi connectivity index (χ0v) is 8.53. The molecule has 0 radical (unpaired) electrons. The first-order chi connectivity index (χ1) is 7.25. The normalized spacial score (nSPS) is 26.2. The Kier molecular flexibility index (Phi) is 3.04. The number of hydrogen-bond donors (Lipinski definition) is 1. The molecule has 1 aliphatic carbocycles. The highest BCUT2D eigenvalue weighted by Gasteiger charge is 2.26. The second kappa shape index (κ2) is 4.47. The molecule has 2 rings (SSSR count). The third-order valence-corrected chi connectivity index (χ3v) is 2.67. The van der Waals surface area contributed by atoms with E-state index in [1.54, 1.807) is 12.1 Å². The Morgan fingerprint density at radius 1 is 1.33 bits per heavy atom. The van der Waals surface area contributed by atoms with E-state index in [1.807, 2.05) is 0 Å². The van der Waals surface area contributed by atoms with Gasteiger partial charge in [-0.15, -0.1) is 0 Å². The molecule has 0 aromatic carbocycles. The number of rotatable bonds is 2. The Balaban J connectivity index is 1.98. The topological polar surface area (TPSA) is 48.1 Å². The smallest absolute Gasteiger partial charge is 0.138 e. The van der Waals surface area contributed by atoms with Crippen molar-refractivity contribution in [2.45, 2.75) is 38.0 Å². The number of nitrogens with zero attached hydrogens (tertiary/aromatic N) is 1. The van der Waals surface area contributed by atoms with Gasteiger partial charge in [-0.3, -0.25) is 0 Å². The largest absolute Gasteiger partial charge is 0.486 e. The highest BCUT2D eigenvalue weighted by atomic mass is 19.1. The van der Waals surface area contributed by atoms with Gasteiger partial charge in [0.2, 0.25) is 0 Å². The van der Waals surface area contributed by atoms with Gasteiger partial charge in [0.15, 0.2) is 0 Å². The minimum absolute atomic E-state index is 0.316. The van der Waals surface area contributed by atoms with Crippen LogP contribution in [0.3, 0.4) is 0 Å². The lowest BCUT2D eigenvalue weighted by Crippen LogP contribution is -2.31. The van der Waals surface area contributed by atoms with E-state index >= 15 is 0 Å². The molecule has 0 aliphatic heterocycles. The number of pyridine rings is 1. The van der Waals surface area contributed by atoms with Gasteiger partial charge in [-0.2, -0.15) is 0 Å². The molecule has 1 aliphatic rings. The Morgan fingerprint density at radius 3 is 2.80 bits per heavy atom. The molecule has 1 aromatic rings. The predicted octanol–water partition coefficient (Wildman–Crippen LogP) is 2.32. The molecule has 0 unspecified atom stereocenters. The number of nitrogen functional groups attached to an aromatic ring is 1. The molecule has 1 aromatic heterocycles. The molecule has 2 N–H and O–H groups in total. The summed E-state index contributed by atoms with van der Waals surface area (Å²) in [7, 11) is 0. The molecule has 0 amide bonds. The molecule has 3 nitrogen and oxygen atoms in total. The van der Waals surface area contributed by atoms with E-state index in [1.165, 1.54) is 6.20 Å². The first kappa shape index (κ1) is 10.2. The zero-order valence-electron chi connectivity index (χ0n) is 8.53. The molecule has 0 bridgehead atoms. The van der Waals surface area contributed by atoms with Crippen LogP contribution in [0.1, 0.15) is 25.7 Å². The van der Waals surface area contributed by atoms with Crippen molar-refractivity contribution in [1.82, 2.24) is 4.98 Å². The van der Waals surface area contributed by atoms with E-state index in [9.17, 15) is 4.39 Å². The number of alkyl halides is 1. The summed E-state index contributed by atoms with van der Waals surface area (Å²) in [6.45, 7) is 0. The maximum atomic E-state index is 13.4. The summed E-state index contributed by atoms with van der Waals surface area (Å²) in [6, 6.07) is 3.38. The standard InChI is InChI=1S/C11H15FN2O/c12-9-3-1-2-4-10(9)15-8-5-6-11(13)14-7-8/h5-7,9-10H,1-4H2,(H2,13,14)/t9-,10-/m0/s1. The van der Waals surface area contributed by atoms with Crippen molar-refractivity contribution in [3.8, 4) is 5.75 Å². The van der Waals surface area contributed by atoms with E-state index in [0.29, 0.717) is 18.0 Å². The SMILES string of the molecule is Nc1ccc(O[C@H]2CCCC[C@@H]2F)cn1. The van der Waals surface area contributed by atoms with Crippen molar-refractivity contribution in [3.05, 3.63) is 18.3 Å². The van der Waals surface area contributed by atoms with Crippen molar-refractivity contribution in [2.75, 3.05) is 5.73 Å². The van der Waals surface area contributed by atoms with Crippen molar-refractivity contribution in [3.63, 3.8) is 0 Å². The van der Waals surface area contributed by atoms with Crippen LogP contribution in [0.25, 0.3) is 0 Å². The van der Waals surface area contributed by atoms with Gasteiger partial charge in [-0.05, 0) is 31.4 Å². The van der Waals surface area contributed by atoms with Crippen molar-refractivity contribution in [2.24, 2.45) is 0 Å². The third kappa shape index (κ3) is 2.58. The van der Waals surface area contributed by atoms with Crippen LogP contribution in [-0.4, -0.2) is 17.3 Å². The number of aromatic nitrogens is 1. The average molecular weight is 210 g/mol. The van der Waals surface area contributed by atoms with Gasteiger partial charge >= 0.3 is 0 Å². The lowest BCUT2D eigenvalue weighted by Gasteiger charge is -2.26. The van der Waals surface area contributed by atoms with Crippen molar-refractivity contribution < 1.29 is 9.13 Å². The third-order valence-electron chi connectivity index (χ3n) is 2.67. The van der Waals surface area contributed by atoms with Crippen LogP contribution in [0.2, 0.25) is 0 Å². The van der Waals surface area contributed by atoms with Gasteiger partial charge < -0.3 is 10.5 Å². The summed E-state index contributed by atoms with van der Waals surface area (Å²) >= 11 is 0. The summed E-state index contributed by atoms with van der Waals surface area (Å²) in [5.74, 6) is 1.04. The average Bonchev–Trinajstić information content (AvgIpc) is 2.25. The molecule has 2 atom stereocenters. The zero-order chi connectivity index (χ0) is 10.7. The monoisotopic (exact) mass is 210 g/mol. The highest BCUT2D eigenvalue weighted by molar-refractivity contribution is 5.32. The van der Waals surface area contributed by atoms with Crippen LogP contribution in [0.5, 0.6) is 5.75 Å². The number of hydrogen-bond acceptors (Lipinski definition) is 3. The van der Waals surface area contributed by atoms with Gasteiger partial charge in [-0.25, -0.2) is 9.37 Å². The number of ether oxygens (including phenoxy) is 1. The molecular formula is C11H15FN2O. The van der Waals surface area contributed by atoms with Crippen LogP contribution >= 0.6 is 0 Å². The minimum Gasteiger partial charge on any atom is -0.486 e. The van der Waals surface area contributed by atoms with E-state index in [2.05, 4.69) is 4.98 Å². The lowest BCUT2D eigenvalue weighted by atomic mass is 9.96. The Morgan fingerprint density at radius 2 is 2.13 bits per heavy atom. The van der Waals surface area contributed by atoms with Crippen molar-refractivity contribution in [1.29, 1.82) is 0 Å². The predicted molar refractivity (Wildman–Crippen MR) is 56.4 cm³/mol. The fourth-order valence-corrected chi connectivity index (χ4v) is 1.82. The summed E-state index contributed by atoms with van der Waals surface area (Å²) in [5.41, 5.74) is 5.45. The van der Waals surface area contributed by atoms with Gasteiger partial charge in [0.1, 0.15) is 23.8 Å². The van der Waals surface area contributed by atoms with Crippen LogP contribution in [0.4, 0.5) is 10.2 Å². The second-order valence-corrected chi connectivity index (χ2v) is 3.88. The molecule has 1 heterocycles. The van der Waals surface area contributed by atoms with Gasteiger partial charge in [0, 0.05) is 0 Å². The maximum absolute atomic E-state index is 13.4. The first-order valence-corrected chi connectivity index (χ1v) is 5.28. The maximum Gasteiger partial charge on any atom is 0.138 e. The van der Waals surface area contributed by atoms with Crippen LogP contribution < -0.4 is 10.5 Å². The van der Waals surface area contributed by atoms with Gasteiger partial charge in [-0.1, -0.05) is 6.42 Å². The van der Waals surface area contributed by atoms with Crippen LogP contribution in [0, 0.1) is 0 Å². The second-order valence-electron chi connectivity index (χ2n) is 3.88. The van der Waals surface area contributed by atoms with Crippen LogP contribution in [0.15, 0.2) is 18.3 Å². The quantitative estimate of drug-likeness (QED) is 0.814. The lowest BCUT2D eigenvalue weighted by molar-refractivity contribution is 0.0635. The van der Waals surface area contributed by atoms with E-state index in [4.69, 9.17) is 10.5 Å². The summed E-state index contributed by atoms with van der Waals surface area (Å²) in [5, 5.41) is 0. The van der Waals surface area contributed by atoms with Crippen molar-refractivity contribution >= 4 is 5.82 Å². The van der Waals surface area contributed by atoms with Gasteiger partial charge in [0.05, 0.1) is 6.20 Å².